The number of halogens is 3. The number of rotatable bonds is 5. The summed E-state index contributed by atoms with van der Waals surface area (Å²) >= 11 is 11.7. The van der Waals surface area contributed by atoms with Crippen molar-refractivity contribution in [2.24, 2.45) is 0 Å². The average Bonchev–Trinajstić information content (AvgIpc) is 2.52. The van der Waals surface area contributed by atoms with E-state index in [0.717, 1.165) is 5.56 Å². The zero-order valence-corrected chi connectivity index (χ0v) is 14.2. The van der Waals surface area contributed by atoms with Gasteiger partial charge in [0.1, 0.15) is 11.6 Å². The molecule has 1 amide bonds. The zero-order valence-electron chi connectivity index (χ0n) is 12.7. The highest BCUT2D eigenvalue weighted by molar-refractivity contribution is 6.31. The first kappa shape index (κ1) is 17.6. The van der Waals surface area contributed by atoms with Crippen molar-refractivity contribution in [1.29, 1.82) is 0 Å². The van der Waals surface area contributed by atoms with Gasteiger partial charge in [-0.15, -0.1) is 0 Å². The second-order valence-electron chi connectivity index (χ2n) is 5.04. The fourth-order valence-electron chi connectivity index (χ4n) is 1.97. The molecule has 1 atom stereocenters. The van der Waals surface area contributed by atoms with Crippen LogP contribution in [0.1, 0.15) is 18.9 Å². The molecule has 2 aromatic carbocycles. The highest BCUT2D eigenvalue weighted by Crippen LogP contribution is 2.23. The van der Waals surface area contributed by atoms with E-state index < -0.39 is 11.9 Å². The van der Waals surface area contributed by atoms with Crippen molar-refractivity contribution in [3.63, 3.8) is 0 Å². The molecule has 0 saturated carbocycles. The Balaban J connectivity index is 2.08. The lowest BCUT2D eigenvalue weighted by atomic mass is 10.2. The molecule has 23 heavy (non-hydrogen) atoms. The molecule has 6 heteroatoms. The van der Waals surface area contributed by atoms with Gasteiger partial charge in [0, 0.05) is 10.7 Å². The smallest absolute Gasteiger partial charge is 0.265 e. The number of benzene rings is 2. The number of hydrogen-bond acceptors (Lipinski definition) is 2. The molecule has 0 aliphatic rings. The van der Waals surface area contributed by atoms with Gasteiger partial charge in [0.15, 0.2) is 6.10 Å². The van der Waals surface area contributed by atoms with Crippen LogP contribution in [-0.2, 0) is 4.79 Å². The molecular weight excluding hydrogens is 340 g/mol. The van der Waals surface area contributed by atoms with Crippen molar-refractivity contribution < 1.29 is 13.9 Å². The van der Waals surface area contributed by atoms with Crippen molar-refractivity contribution in [3.8, 4) is 5.75 Å². The second-order valence-corrected chi connectivity index (χ2v) is 5.86. The highest BCUT2D eigenvalue weighted by Gasteiger charge is 2.19. The van der Waals surface area contributed by atoms with Crippen LogP contribution in [0.5, 0.6) is 5.75 Å². The normalized spacial score (nSPS) is 11.9. The van der Waals surface area contributed by atoms with Crippen molar-refractivity contribution in [3.05, 3.63) is 57.8 Å². The minimum absolute atomic E-state index is 0.0508. The van der Waals surface area contributed by atoms with E-state index in [0.29, 0.717) is 22.9 Å². The Bertz CT molecular complexity index is 722. The Hall–Kier alpha value is -1.78. The van der Waals surface area contributed by atoms with Crippen LogP contribution in [0, 0.1) is 12.7 Å². The summed E-state index contributed by atoms with van der Waals surface area (Å²) in [5.74, 6) is -0.307. The van der Waals surface area contributed by atoms with E-state index in [4.69, 9.17) is 27.9 Å². The van der Waals surface area contributed by atoms with Crippen molar-refractivity contribution in [1.82, 2.24) is 0 Å². The third kappa shape index (κ3) is 4.60. The van der Waals surface area contributed by atoms with Gasteiger partial charge in [0.05, 0.1) is 5.02 Å². The van der Waals surface area contributed by atoms with E-state index in [1.165, 1.54) is 18.2 Å². The van der Waals surface area contributed by atoms with Crippen molar-refractivity contribution >= 4 is 34.8 Å². The number of ether oxygens (including phenoxy) is 1. The van der Waals surface area contributed by atoms with E-state index in [-0.39, 0.29) is 10.9 Å². The molecule has 2 aromatic rings. The van der Waals surface area contributed by atoms with Gasteiger partial charge >= 0.3 is 0 Å². The summed E-state index contributed by atoms with van der Waals surface area (Å²) in [7, 11) is 0. The van der Waals surface area contributed by atoms with E-state index in [2.05, 4.69) is 5.32 Å². The summed E-state index contributed by atoms with van der Waals surface area (Å²) < 4.78 is 18.8. The molecule has 0 unspecified atom stereocenters. The summed E-state index contributed by atoms with van der Waals surface area (Å²) in [5.41, 5.74) is 1.28. The third-order valence-corrected chi connectivity index (χ3v) is 3.97. The molecule has 0 aliphatic heterocycles. The molecule has 0 radical (unpaired) electrons. The Labute approximate surface area is 144 Å². The number of amides is 1. The molecule has 0 fully saturated rings. The molecule has 0 aliphatic carbocycles. The zero-order chi connectivity index (χ0) is 17.0. The maximum Gasteiger partial charge on any atom is 0.265 e. The van der Waals surface area contributed by atoms with Gasteiger partial charge in [0.2, 0.25) is 0 Å². The maximum atomic E-state index is 13.1. The maximum absolute atomic E-state index is 13.1. The molecule has 0 heterocycles. The van der Waals surface area contributed by atoms with Crippen LogP contribution >= 0.6 is 23.2 Å². The van der Waals surface area contributed by atoms with E-state index >= 15 is 0 Å². The van der Waals surface area contributed by atoms with E-state index in [1.54, 1.807) is 18.2 Å². The molecule has 2 rings (SSSR count). The average molecular weight is 356 g/mol. The molecule has 1 N–H and O–H groups in total. The molecule has 122 valence electrons. The summed E-state index contributed by atoms with van der Waals surface area (Å²) in [6, 6.07) is 9.19. The molecule has 0 bridgehead atoms. The van der Waals surface area contributed by atoms with Crippen LogP contribution < -0.4 is 10.1 Å². The number of nitrogens with one attached hydrogen (secondary N) is 1. The first-order valence-electron chi connectivity index (χ1n) is 7.09. The highest BCUT2D eigenvalue weighted by atomic mass is 35.5. The fourth-order valence-corrected chi connectivity index (χ4v) is 2.27. The molecule has 3 nitrogen and oxygen atoms in total. The largest absolute Gasteiger partial charge is 0.481 e. The molecule has 0 saturated heterocycles. The van der Waals surface area contributed by atoms with Gasteiger partial charge in [-0.05, 0) is 55.3 Å². The molecule has 0 aromatic heterocycles. The quantitative estimate of drug-likeness (QED) is 0.796. The van der Waals surface area contributed by atoms with Gasteiger partial charge in [-0.2, -0.15) is 0 Å². The van der Waals surface area contributed by atoms with Crippen LogP contribution in [0.2, 0.25) is 10.0 Å². The van der Waals surface area contributed by atoms with Crippen molar-refractivity contribution in [2.75, 3.05) is 5.32 Å². The monoisotopic (exact) mass is 355 g/mol. The Morgan fingerprint density at radius 3 is 2.57 bits per heavy atom. The SMILES string of the molecule is CC[C@H](Oc1ccc(Cl)c(C)c1)C(=O)Nc1ccc(F)c(Cl)c1. The van der Waals surface area contributed by atoms with Crippen LogP contribution in [0.25, 0.3) is 0 Å². The Morgan fingerprint density at radius 1 is 1.22 bits per heavy atom. The van der Waals surface area contributed by atoms with E-state index in [1.807, 2.05) is 13.8 Å². The molecular formula is C17H16Cl2FNO2. The number of carbonyl (C=O) groups excluding carboxylic acids is 1. The predicted molar refractivity (Wildman–Crippen MR) is 90.9 cm³/mol. The summed E-state index contributed by atoms with van der Waals surface area (Å²) in [5, 5.41) is 3.25. The van der Waals surface area contributed by atoms with Gasteiger partial charge in [-0.25, -0.2) is 4.39 Å². The standard InChI is InChI=1S/C17H16Cl2FNO2/c1-3-16(23-12-5-6-13(18)10(2)8-12)17(22)21-11-4-7-15(20)14(19)9-11/h4-9,16H,3H2,1-2H3,(H,21,22)/t16-/m0/s1. The van der Waals surface area contributed by atoms with Crippen LogP contribution in [0.15, 0.2) is 36.4 Å². The van der Waals surface area contributed by atoms with Crippen molar-refractivity contribution in [2.45, 2.75) is 26.4 Å². The minimum atomic E-state index is -0.681. The van der Waals surface area contributed by atoms with Crippen LogP contribution in [-0.4, -0.2) is 12.0 Å². The topological polar surface area (TPSA) is 38.3 Å². The lowest BCUT2D eigenvalue weighted by molar-refractivity contribution is -0.122. The van der Waals surface area contributed by atoms with Gasteiger partial charge in [-0.3, -0.25) is 4.79 Å². The number of anilines is 1. The van der Waals surface area contributed by atoms with Crippen LogP contribution in [0.3, 0.4) is 0 Å². The molecule has 0 spiro atoms. The summed E-state index contributed by atoms with van der Waals surface area (Å²) in [4.78, 5) is 12.3. The Kier molecular flexibility index (Phi) is 5.85. The first-order valence-corrected chi connectivity index (χ1v) is 7.85. The predicted octanol–water partition coefficient (Wildman–Crippen LogP) is 5.24. The lowest BCUT2D eigenvalue weighted by Crippen LogP contribution is -2.32. The summed E-state index contributed by atoms with van der Waals surface area (Å²) in [6.45, 7) is 3.70. The number of aryl methyl sites for hydroxylation is 1. The second kappa shape index (κ2) is 7.66. The van der Waals surface area contributed by atoms with E-state index in [9.17, 15) is 9.18 Å². The minimum Gasteiger partial charge on any atom is -0.481 e. The number of hydrogen-bond donors (Lipinski definition) is 1. The van der Waals surface area contributed by atoms with Gasteiger partial charge < -0.3 is 10.1 Å². The lowest BCUT2D eigenvalue weighted by Gasteiger charge is -2.18. The van der Waals surface area contributed by atoms with Gasteiger partial charge in [-0.1, -0.05) is 30.1 Å². The third-order valence-electron chi connectivity index (χ3n) is 3.26. The summed E-state index contributed by atoms with van der Waals surface area (Å²) in [6.07, 6.45) is -0.206. The van der Waals surface area contributed by atoms with Crippen LogP contribution in [0.4, 0.5) is 10.1 Å². The van der Waals surface area contributed by atoms with Gasteiger partial charge in [0.25, 0.3) is 5.91 Å². The number of carbonyl (C=O) groups is 1. The Morgan fingerprint density at radius 2 is 1.96 bits per heavy atom. The first-order chi connectivity index (χ1) is 10.9. The fraction of sp³-hybridized carbons (Fsp3) is 0.235.